The van der Waals surface area contributed by atoms with E-state index >= 15 is 0 Å². The Bertz CT molecular complexity index is 440. The highest BCUT2D eigenvalue weighted by Crippen LogP contribution is 2.21. The van der Waals surface area contributed by atoms with Gasteiger partial charge in [0.15, 0.2) is 0 Å². The number of carbonyl (C=O) groups is 2. The molecule has 1 atom stereocenters. The van der Waals surface area contributed by atoms with Crippen LogP contribution in [0.15, 0.2) is 29.4 Å². The number of amides is 1. The van der Waals surface area contributed by atoms with Crippen molar-refractivity contribution in [2.45, 2.75) is 6.92 Å². The van der Waals surface area contributed by atoms with Gasteiger partial charge in [0, 0.05) is 11.8 Å². The number of nitrogens with zero attached hydrogens (tertiary/aromatic N) is 2. The summed E-state index contributed by atoms with van der Waals surface area (Å²) in [6.45, 7) is 1.79. The molecule has 76 valence electrons. The smallest absolute Gasteiger partial charge is 0.255 e. The zero-order valence-corrected chi connectivity index (χ0v) is 8.25. The minimum Gasteiger partial charge on any atom is -0.298 e. The number of hydrogen-bond donors (Lipinski definition) is 0. The van der Waals surface area contributed by atoms with Crippen LogP contribution in [0, 0.1) is 5.92 Å². The van der Waals surface area contributed by atoms with Crippen LogP contribution >= 0.6 is 0 Å². The van der Waals surface area contributed by atoms with E-state index in [4.69, 9.17) is 0 Å². The van der Waals surface area contributed by atoms with E-state index < -0.39 is 0 Å². The van der Waals surface area contributed by atoms with E-state index in [9.17, 15) is 9.59 Å². The fourth-order valence-corrected chi connectivity index (χ4v) is 1.40. The van der Waals surface area contributed by atoms with E-state index in [1.807, 2.05) is 0 Å². The molecule has 0 bridgehead atoms. The molecule has 4 nitrogen and oxygen atoms in total. The Hall–Kier alpha value is -1.97. The first-order valence-corrected chi connectivity index (χ1v) is 4.65. The molecule has 1 aromatic rings. The monoisotopic (exact) mass is 202 g/mol. The lowest BCUT2D eigenvalue weighted by Crippen LogP contribution is -2.24. The van der Waals surface area contributed by atoms with E-state index in [0.717, 1.165) is 6.29 Å². The normalized spacial score (nSPS) is 19.7. The second-order valence-electron chi connectivity index (χ2n) is 3.42. The SMILES string of the molecule is CC1C=NN(c2cccc(C=O)c2)C1=O. The van der Waals surface area contributed by atoms with E-state index in [1.54, 1.807) is 37.4 Å². The first kappa shape index (κ1) is 9.58. The number of benzene rings is 1. The van der Waals surface area contributed by atoms with Gasteiger partial charge in [-0.25, -0.2) is 5.01 Å². The summed E-state index contributed by atoms with van der Waals surface area (Å²) in [6.07, 6.45) is 2.34. The molecule has 1 amide bonds. The van der Waals surface area contributed by atoms with Crippen molar-refractivity contribution in [3.8, 4) is 0 Å². The summed E-state index contributed by atoms with van der Waals surface area (Å²) in [6, 6.07) is 6.80. The number of anilines is 1. The van der Waals surface area contributed by atoms with Gasteiger partial charge in [-0.05, 0) is 19.1 Å². The zero-order valence-electron chi connectivity index (χ0n) is 8.25. The third kappa shape index (κ3) is 1.66. The Labute approximate surface area is 87.2 Å². The van der Waals surface area contributed by atoms with Gasteiger partial charge in [-0.1, -0.05) is 12.1 Å². The minimum absolute atomic E-state index is 0.0713. The molecule has 1 heterocycles. The summed E-state index contributed by atoms with van der Waals surface area (Å²) in [5, 5.41) is 5.30. The average molecular weight is 202 g/mol. The number of hydrogen-bond acceptors (Lipinski definition) is 3. The fourth-order valence-electron chi connectivity index (χ4n) is 1.40. The van der Waals surface area contributed by atoms with Gasteiger partial charge in [-0.3, -0.25) is 9.59 Å². The van der Waals surface area contributed by atoms with Gasteiger partial charge >= 0.3 is 0 Å². The average Bonchev–Trinajstić information content (AvgIpc) is 2.60. The Morgan fingerprint density at radius 2 is 2.27 bits per heavy atom. The molecule has 15 heavy (non-hydrogen) atoms. The first-order valence-electron chi connectivity index (χ1n) is 4.65. The van der Waals surface area contributed by atoms with Gasteiger partial charge in [0.05, 0.1) is 11.6 Å². The molecule has 0 N–H and O–H groups in total. The van der Waals surface area contributed by atoms with Crippen molar-refractivity contribution in [3.63, 3.8) is 0 Å². The molecule has 1 aromatic carbocycles. The fraction of sp³-hybridized carbons (Fsp3) is 0.182. The van der Waals surface area contributed by atoms with Crippen LogP contribution in [-0.2, 0) is 4.79 Å². The molecule has 1 aliphatic rings. The van der Waals surface area contributed by atoms with Crippen LogP contribution in [0.2, 0.25) is 0 Å². The van der Waals surface area contributed by atoms with E-state index in [2.05, 4.69) is 5.10 Å². The Balaban J connectivity index is 2.34. The summed E-state index contributed by atoms with van der Waals surface area (Å²) >= 11 is 0. The second kappa shape index (κ2) is 3.65. The molecule has 0 radical (unpaired) electrons. The van der Waals surface area contributed by atoms with Crippen LogP contribution in [0.4, 0.5) is 5.69 Å². The first-order chi connectivity index (χ1) is 7.22. The van der Waals surface area contributed by atoms with E-state index in [1.165, 1.54) is 5.01 Å². The molecular weight excluding hydrogens is 192 g/mol. The van der Waals surface area contributed by atoms with Crippen LogP contribution in [0.3, 0.4) is 0 Å². The molecule has 0 aliphatic carbocycles. The van der Waals surface area contributed by atoms with Gasteiger partial charge in [-0.15, -0.1) is 0 Å². The van der Waals surface area contributed by atoms with Crippen molar-refractivity contribution < 1.29 is 9.59 Å². The summed E-state index contributed by atoms with van der Waals surface area (Å²) in [4.78, 5) is 22.2. The predicted octanol–water partition coefficient (Wildman–Crippen LogP) is 1.47. The highest BCUT2D eigenvalue weighted by molar-refractivity contribution is 6.07. The Morgan fingerprint density at radius 3 is 2.87 bits per heavy atom. The largest absolute Gasteiger partial charge is 0.298 e. The lowest BCUT2D eigenvalue weighted by molar-refractivity contribution is -0.119. The summed E-state index contributed by atoms with van der Waals surface area (Å²) < 4.78 is 0. The van der Waals surface area contributed by atoms with Crippen LogP contribution in [-0.4, -0.2) is 18.4 Å². The Morgan fingerprint density at radius 1 is 1.47 bits per heavy atom. The lowest BCUT2D eigenvalue weighted by Gasteiger charge is -2.12. The third-order valence-electron chi connectivity index (χ3n) is 2.25. The van der Waals surface area contributed by atoms with Crippen LogP contribution in [0.1, 0.15) is 17.3 Å². The minimum atomic E-state index is -0.190. The van der Waals surface area contributed by atoms with Crippen LogP contribution < -0.4 is 5.01 Å². The summed E-state index contributed by atoms with van der Waals surface area (Å²) in [5.41, 5.74) is 1.17. The van der Waals surface area contributed by atoms with Crippen molar-refractivity contribution in [3.05, 3.63) is 29.8 Å². The molecule has 0 fully saturated rings. The van der Waals surface area contributed by atoms with Gasteiger partial charge in [0.25, 0.3) is 5.91 Å². The molecule has 1 aliphatic heterocycles. The van der Waals surface area contributed by atoms with Gasteiger partial charge < -0.3 is 0 Å². The molecule has 0 aromatic heterocycles. The molecule has 2 rings (SSSR count). The summed E-state index contributed by atoms with van der Waals surface area (Å²) in [7, 11) is 0. The third-order valence-corrected chi connectivity index (χ3v) is 2.25. The van der Waals surface area contributed by atoms with Crippen molar-refractivity contribution in [1.82, 2.24) is 0 Å². The number of rotatable bonds is 2. The van der Waals surface area contributed by atoms with E-state index in [0.29, 0.717) is 11.3 Å². The zero-order chi connectivity index (χ0) is 10.8. The topological polar surface area (TPSA) is 49.7 Å². The van der Waals surface area contributed by atoms with Crippen LogP contribution in [0.25, 0.3) is 0 Å². The maximum atomic E-state index is 11.6. The Kier molecular flexibility index (Phi) is 2.33. The van der Waals surface area contributed by atoms with Crippen molar-refractivity contribution in [2.24, 2.45) is 11.0 Å². The quantitative estimate of drug-likeness (QED) is 0.682. The number of hydrazone groups is 1. The van der Waals surface area contributed by atoms with Crippen LogP contribution in [0.5, 0.6) is 0 Å². The van der Waals surface area contributed by atoms with E-state index in [-0.39, 0.29) is 11.8 Å². The van der Waals surface area contributed by atoms with Gasteiger partial charge in [-0.2, -0.15) is 5.10 Å². The number of carbonyl (C=O) groups excluding carboxylic acids is 2. The predicted molar refractivity (Wildman–Crippen MR) is 57.0 cm³/mol. The number of aldehydes is 1. The maximum absolute atomic E-state index is 11.6. The molecule has 0 saturated carbocycles. The molecule has 1 unspecified atom stereocenters. The van der Waals surface area contributed by atoms with Crippen molar-refractivity contribution in [1.29, 1.82) is 0 Å². The second-order valence-corrected chi connectivity index (χ2v) is 3.42. The lowest BCUT2D eigenvalue weighted by atomic mass is 10.2. The summed E-state index contributed by atoms with van der Waals surface area (Å²) in [5.74, 6) is -0.261. The van der Waals surface area contributed by atoms with Gasteiger partial charge in [0.2, 0.25) is 0 Å². The molecule has 4 heteroatoms. The molecule has 0 spiro atoms. The highest BCUT2D eigenvalue weighted by atomic mass is 16.2. The molecular formula is C11H10N2O2. The van der Waals surface area contributed by atoms with Crippen molar-refractivity contribution >= 4 is 24.1 Å². The van der Waals surface area contributed by atoms with Gasteiger partial charge in [0.1, 0.15) is 6.29 Å². The van der Waals surface area contributed by atoms with Crippen molar-refractivity contribution in [2.75, 3.05) is 5.01 Å². The maximum Gasteiger partial charge on any atom is 0.255 e. The molecule has 0 saturated heterocycles. The highest BCUT2D eigenvalue weighted by Gasteiger charge is 2.25. The standard InChI is InChI=1S/C11H10N2O2/c1-8-6-12-13(11(8)15)10-4-2-3-9(5-10)7-14/h2-8H,1H3.